The molecule has 4 aromatic rings. The standard InChI is InChI=1S/C35H33FN2O4/c1-22-29(16-25-17-31(41-2)34(39)32(18-25)42-3)27-14-12-26(36)19-30(27)33(22)28(13-11-24-10-7-15-37-20-24)35(40)38-21-23-8-5-4-6-9-23/h4-10,12,14-20,28,39H,11,13,21H2,1-3H3,(H,38,40)/b29-16-. The zero-order valence-corrected chi connectivity index (χ0v) is 23.9. The van der Waals surface area contributed by atoms with Crippen molar-refractivity contribution in [2.75, 3.05) is 14.2 Å². The fourth-order valence-electron chi connectivity index (χ4n) is 5.49. The molecule has 1 amide bonds. The van der Waals surface area contributed by atoms with Gasteiger partial charge in [0.1, 0.15) is 5.82 Å². The normalized spacial score (nSPS) is 14.0. The minimum absolute atomic E-state index is 0.0884. The Morgan fingerprint density at radius 3 is 2.36 bits per heavy atom. The maximum Gasteiger partial charge on any atom is 0.227 e. The van der Waals surface area contributed by atoms with Gasteiger partial charge in [-0.15, -0.1) is 0 Å². The van der Waals surface area contributed by atoms with Gasteiger partial charge in [-0.1, -0.05) is 42.5 Å². The van der Waals surface area contributed by atoms with Crippen molar-refractivity contribution in [1.29, 1.82) is 0 Å². The molecular formula is C35H33FN2O4. The maximum atomic E-state index is 14.7. The molecule has 6 nitrogen and oxygen atoms in total. The summed E-state index contributed by atoms with van der Waals surface area (Å²) in [5.74, 6) is -0.575. The number of carbonyl (C=O) groups is 1. The highest BCUT2D eigenvalue weighted by molar-refractivity contribution is 6.09. The number of pyridine rings is 1. The fraction of sp³-hybridized carbons (Fsp3) is 0.200. The zero-order chi connectivity index (χ0) is 29.6. The van der Waals surface area contributed by atoms with E-state index in [1.807, 2.05) is 55.5 Å². The molecule has 1 aliphatic rings. The molecule has 7 heteroatoms. The Hall–Kier alpha value is -4.91. The van der Waals surface area contributed by atoms with Crippen LogP contribution in [0.15, 0.2) is 90.8 Å². The Kier molecular flexibility index (Phi) is 8.67. The summed E-state index contributed by atoms with van der Waals surface area (Å²) in [6.07, 6.45) is 6.62. The van der Waals surface area contributed by atoms with Gasteiger partial charge in [0.2, 0.25) is 11.7 Å². The minimum Gasteiger partial charge on any atom is -0.502 e. The first-order valence-electron chi connectivity index (χ1n) is 13.8. The molecule has 0 spiro atoms. The van der Waals surface area contributed by atoms with Gasteiger partial charge in [0.15, 0.2) is 11.5 Å². The van der Waals surface area contributed by atoms with Crippen LogP contribution in [0.25, 0.3) is 17.2 Å². The lowest BCUT2D eigenvalue weighted by Gasteiger charge is -2.20. The third kappa shape index (κ3) is 6.05. The van der Waals surface area contributed by atoms with Gasteiger partial charge in [-0.25, -0.2) is 4.39 Å². The first-order valence-corrected chi connectivity index (χ1v) is 13.8. The number of nitrogens with zero attached hydrogens (tertiary/aromatic N) is 1. The first-order chi connectivity index (χ1) is 20.4. The van der Waals surface area contributed by atoms with E-state index in [1.54, 1.807) is 30.6 Å². The van der Waals surface area contributed by atoms with Crippen LogP contribution < -0.4 is 14.8 Å². The van der Waals surface area contributed by atoms with E-state index in [-0.39, 0.29) is 29.0 Å². The molecule has 1 aromatic heterocycles. The first kappa shape index (κ1) is 28.6. The highest BCUT2D eigenvalue weighted by atomic mass is 19.1. The van der Waals surface area contributed by atoms with E-state index in [4.69, 9.17) is 9.47 Å². The van der Waals surface area contributed by atoms with Gasteiger partial charge in [-0.3, -0.25) is 9.78 Å². The minimum atomic E-state index is -0.538. The van der Waals surface area contributed by atoms with Crippen molar-refractivity contribution in [1.82, 2.24) is 10.3 Å². The summed E-state index contributed by atoms with van der Waals surface area (Å²) in [5, 5.41) is 13.5. The summed E-state index contributed by atoms with van der Waals surface area (Å²) in [4.78, 5) is 18.1. The van der Waals surface area contributed by atoms with Gasteiger partial charge < -0.3 is 19.9 Å². The highest BCUT2D eigenvalue weighted by Crippen LogP contribution is 2.47. The number of nitrogens with one attached hydrogen (secondary N) is 1. The van der Waals surface area contributed by atoms with Gasteiger partial charge in [-0.2, -0.15) is 0 Å². The quantitative estimate of drug-likeness (QED) is 0.221. The van der Waals surface area contributed by atoms with Crippen LogP contribution in [0.1, 0.15) is 41.2 Å². The molecule has 3 aromatic carbocycles. The number of phenols is 1. The molecule has 0 fully saturated rings. The van der Waals surface area contributed by atoms with Gasteiger partial charge in [0.25, 0.3) is 0 Å². The molecule has 0 radical (unpaired) electrons. The average molecular weight is 565 g/mol. The summed E-state index contributed by atoms with van der Waals surface area (Å²) < 4.78 is 25.4. The van der Waals surface area contributed by atoms with Crippen LogP contribution in [0.3, 0.4) is 0 Å². The lowest BCUT2D eigenvalue weighted by molar-refractivity contribution is -0.123. The van der Waals surface area contributed by atoms with E-state index < -0.39 is 5.92 Å². The van der Waals surface area contributed by atoms with E-state index in [0.29, 0.717) is 24.9 Å². The smallest absolute Gasteiger partial charge is 0.227 e. The second-order valence-corrected chi connectivity index (χ2v) is 10.2. The Bertz CT molecular complexity index is 1620. The molecule has 5 rings (SSSR count). The molecule has 214 valence electrons. The number of phenolic OH excluding ortho intramolecular Hbond substituents is 1. The summed E-state index contributed by atoms with van der Waals surface area (Å²) >= 11 is 0. The number of benzene rings is 3. The molecule has 1 aliphatic carbocycles. The Morgan fingerprint density at radius 2 is 1.69 bits per heavy atom. The lowest BCUT2D eigenvalue weighted by Crippen LogP contribution is -2.31. The van der Waals surface area contributed by atoms with Crippen LogP contribution in [0.4, 0.5) is 4.39 Å². The zero-order valence-electron chi connectivity index (χ0n) is 23.9. The largest absolute Gasteiger partial charge is 0.502 e. The van der Waals surface area contributed by atoms with Crippen LogP contribution in [0.5, 0.6) is 17.2 Å². The van der Waals surface area contributed by atoms with Crippen molar-refractivity contribution in [3.05, 3.63) is 124 Å². The summed E-state index contributed by atoms with van der Waals surface area (Å²) in [5.41, 5.74) is 6.81. The SMILES string of the molecule is COc1cc(/C=C2/C(C)=C(C(CCc3cccnc3)C(=O)NCc3ccccc3)c3cc(F)ccc32)cc(OC)c1O. The number of hydrogen-bond acceptors (Lipinski definition) is 5. The molecule has 1 unspecified atom stereocenters. The molecule has 0 aliphatic heterocycles. The molecule has 42 heavy (non-hydrogen) atoms. The number of allylic oxidation sites excluding steroid dienone is 2. The van der Waals surface area contributed by atoms with Crippen LogP contribution in [0, 0.1) is 11.7 Å². The Morgan fingerprint density at radius 1 is 0.976 bits per heavy atom. The summed E-state index contributed by atoms with van der Waals surface area (Å²) in [6.45, 7) is 2.36. The molecule has 1 heterocycles. The number of rotatable bonds is 10. The van der Waals surface area contributed by atoms with Crippen LogP contribution in [-0.4, -0.2) is 30.2 Å². The molecule has 1 atom stereocenters. The summed E-state index contributed by atoms with van der Waals surface area (Å²) in [7, 11) is 2.95. The summed E-state index contributed by atoms with van der Waals surface area (Å²) in [6, 6.07) is 21.7. The van der Waals surface area contributed by atoms with Crippen molar-refractivity contribution in [2.24, 2.45) is 5.92 Å². The van der Waals surface area contributed by atoms with Crippen molar-refractivity contribution < 1.29 is 23.8 Å². The number of aromatic nitrogens is 1. The van der Waals surface area contributed by atoms with Crippen LogP contribution in [0.2, 0.25) is 0 Å². The second kappa shape index (κ2) is 12.7. The molecule has 0 bridgehead atoms. The predicted octanol–water partition coefficient (Wildman–Crippen LogP) is 6.84. The number of amides is 1. The molecule has 0 saturated heterocycles. The second-order valence-electron chi connectivity index (χ2n) is 10.2. The number of ether oxygens (including phenoxy) is 2. The van der Waals surface area contributed by atoms with Crippen molar-refractivity contribution in [3.63, 3.8) is 0 Å². The van der Waals surface area contributed by atoms with Gasteiger partial charge >= 0.3 is 0 Å². The average Bonchev–Trinajstić information content (AvgIpc) is 3.27. The van der Waals surface area contributed by atoms with E-state index in [9.17, 15) is 14.3 Å². The molecule has 0 saturated carbocycles. The number of aromatic hydroxyl groups is 1. The van der Waals surface area contributed by atoms with Crippen molar-refractivity contribution in [2.45, 2.75) is 26.3 Å². The Balaban J connectivity index is 1.59. The fourth-order valence-corrected chi connectivity index (χ4v) is 5.49. The lowest BCUT2D eigenvalue weighted by atomic mass is 9.86. The van der Waals surface area contributed by atoms with Gasteiger partial charge in [0.05, 0.1) is 20.1 Å². The third-order valence-electron chi connectivity index (χ3n) is 7.60. The number of hydrogen-bond donors (Lipinski definition) is 2. The number of aryl methyl sites for hydroxylation is 1. The van der Waals surface area contributed by atoms with Crippen molar-refractivity contribution in [3.8, 4) is 17.2 Å². The predicted molar refractivity (Wildman–Crippen MR) is 162 cm³/mol. The van der Waals surface area contributed by atoms with Gasteiger partial charge in [0, 0.05) is 18.9 Å². The third-order valence-corrected chi connectivity index (χ3v) is 7.60. The molecular weight excluding hydrogens is 531 g/mol. The van der Waals surface area contributed by atoms with Crippen molar-refractivity contribution >= 4 is 23.1 Å². The van der Waals surface area contributed by atoms with Gasteiger partial charge in [-0.05, 0) is 101 Å². The van der Waals surface area contributed by atoms with Crippen LogP contribution in [-0.2, 0) is 17.8 Å². The maximum absolute atomic E-state index is 14.7. The van der Waals surface area contributed by atoms with E-state index in [2.05, 4.69) is 10.3 Å². The highest BCUT2D eigenvalue weighted by Gasteiger charge is 2.33. The monoisotopic (exact) mass is 564 g/mol. The number of methoxy groups -OCH3 is 2. The van der Waals surface area contributed by atoms with Crippen LogP contribution >= 0.6 is 0 Å². The number of fused-ring (bicyclic) bond motifs is 1. The van der Waals surface area contributed by atoms with E-state index >= 15 is 0 Å². The number of carbonyl (C=O) groups excluding carboxylic acids is 1. The number of halogens is 1. The Labute approximate surface area is 245 Å². The topological polar surface area (TPSA) is 80.7 Å². The van der Waals surface area contributed by atoms with E-state index in [1.165, 1.54) is 26.4 Å². The molecule has 2 N–H and O–H groups in total. The van der Waals surface area contributed by atoms with E-state index in [0.717, 1.165) is 39.0 Å².